The number of nitrogens with zero attached hydrogens (tertiary/aromatic N) is 2. The number of hydrogen-bond donors (Lipinski definition) is 3. The number of aromatic nitrogens is 2. The lowest BCUT2D eigenvalue weighted by Crippen LogP contribution is -2.45. The number of hydrazine groups is 1. The highest BCUT2D eigenvalue weighted by atomic mass is 16.2. The molecule has 0 bridgehead atoms. The maximum absolute atomic E-state index is 12.7. The molecule has 8 nitrogen and oxygen atoms in total. The van der Waals surface area contributed by atoms with Crippen LogP contribution in [0.4, 0.5) is 5.69 Å². The van der Waals surface area contributed by atoms with Crippen LogP contribution in [0.25, 0.3) is 10.8 Å². The van der Waals surface area contributed by atoms with Gasteiger partial charge in [0.05, 0.1) is 18.0 Å². The lowest BCUT2D eigenvalue weighted by Gasteiger charge is -2.14. The van der Waals surface area contributed by atoms with E-state index in [0.29, 0.717) is 10.8 Å². The molecule has 3 aromatic rings. The molecule has 2 aromatic carbocycles. The molecule has 1 aromatic heterocycles. The van der Waals surface area contributed by atoms with Gasteiger partial charge in [0, 0.05) is 11.1 Å². The number of aryl methyl sites for hydroxylation is 2. The van der Waals surface area contributed by atoms with E-state index in [2.05, 4.69) is 21.3 Å². The van der Waals surface area contributed by atoms with Crippen LogP contribution in [0.5, 0.6) is 0 Å². The minimum absolute atomic E-state index is 0.0101. The second-order valence-corrected chi connectivity index (χ2v) is 7.41. The van der Waals surface area contributed by atoms with Crippen LogP contribution in [0.1, 0.15) is 41.5 Å². The molecular formula is C22H25N5O3. The molecule has 3 rings (SSSR count). The third-order valence-electron chi connectivity index (χ3n) is 4.67. The summed E-state index contributed by atoms with van der Waals surface area (Å²) in [7, 11) is 0. The van der Waals surface area contributed by atoms with Crippen LogP contribution in [0.3, 0.4) is 0 Å². The number of nitrogens with one attached hydrogen (secondary N) is 3. The summed E-state index contributed by atoms with van der Waals surface area (Å²) in [5.74, 6) is -1.01. The number of anilines is 1. The van der Waals surface area contributed by atoms with Crippen molar-refractivity contribution >= 4 is 28.3 Å². The fourth-order valence-corrected chi connectivity index (χ4v) is 3.14. The van der Waals surface area contributed by atoms with Gasteiger partial charge < -0.3 is 5.32 Å². The molecule has 8 heteroatoms. The fraction of sp³-hybridized carbons (Fsp3) is 0.273. The largest absolute Gasteiger partial charge is 0.376 e. The highest BCUT2D eigenvalue weighted by Crippen LogP contribution is 2.16. The Kier molecular flexibility index (Phi) is 6.15. The molecule has 1 heterocycles. The Balaban J connectivity index is 1.71. The van der Waals surface area contributed by atoms with Crippen LogP contribution in [0.2, 0.25) is 0 Å². The van der Waals surface area contributed by atoms with E-state index in [1.165, 1.54) is 4.68 Å². The Morgan fingerprint density at radius 2 is 1.73 bits per heavy atom. The van der Waals surface area contributed by atoms with Gasteiger partial charge in [-0.3, -0.25) is 25.2 Å². The van der Waals surface area contributed by atoms with Gasteiger partial charge >= 0.3 is 0 Å². The molecule has 0 saturated carbocycles. The van der Waals surface area contributed by atoms with Crippen LogP contribution in [0.15, 0.2) is 47.3 Å². The van der Waals surface area contributed by atoms with E-state index in [4.69, 9.17) is 0 Å². The SMILES string of the molecule is Cc1ccc(NCC(=O)NNC(=O)c2nn(C(C)C)c(=O)c3ccccc23)c(C)c1. The normalized spacial score (nSPS) is 10.8. The van der Waals surface area contributed by atoms with Gasteiger partial charge in [-0.25, -0.2) is 4.68 Å². The third-order valence-corrected chi connectivity index (χ3v) is 4.67. The second kappa shape index (κ2) is 8.77. The molecule has 0 atom stereocenters. The molecular weight excluding hydrogens is 382 g/mol. The number of benzene rings is 2. The fourth-order valence-electron chi connectivity index (χ4n) is 3.14. The molecule has 2 amide bonds. The number of carbonyl (C=O) groups excluding carboxylic acids is 2. The first-order valence-corrected chi connectivity index (χ1v) is 9.69. The Labute approximate surface area is 174 Å². The van der Waals surface area contributed by atoms with E-state index < -0.39 is 11.8 Å². The highest BCUT2D eigenvalue weighted by Gasteiger charge is 2.18. The van der Waals surface area contributed by atoms with Gasteiger partial charge in [-0.1, -0.05) is 35.9 Å². The first-order chi connectivity index (χ1) is 14.3. The summed E-state index contributed by atoms with van der Waals surface area (Å²) in [5, 5.41) is 8.08. The molecule has 156 valence electrons. The summed E-state index contributed by atoms with van der Waals surface area (Å²) >= 11 is 0. The minimum atomic E-state index is -0.597. The van der Waals surface area contributed by atoms with Crippen molar-refractivity contribution in [3.8, 4) is 0 Å². The van der Waals surface area contributed by atoms with Gasteiger partial charge in [0.15, 0.2) is 5.69 Å². The number of carbonyl (C=O) groups is 2. The maximum atomic E-state index is 12.7. The number of hydrogen-bond acceptors (Lipinski definition) is 5. The van der Waals surface area contributed by atoms with E-state index >= 15 is 0 Å². The van der Waals surface area contributed by atoms with Gasteiger partial charge in [0.25, 0.3) is 17.4 Å². The Bertz CT molecular complexity index is 1170. The van der Waals surface area contributed by atoms with Crippen LogP contribution in [-0.2, 0) is 4.79 Å². The third kappa shape index (κ3) is 4.48. The maximum Gasteiger partial charge on any atom is 0.290 e. The molecule has 0 aliphatic carbocycles. The second-order valence-electron chi connectivity index (χ2n) is 7.41. The van der Waals surface area contributed by atoms with Crippen molar-refractivity contribution in [1.29, 1.82) is 0 Å². The first-order valence-electron chi connectivity index (χ1n) is 9.69. The van der Waals surface area contributed by atoms with Crippen molar-refractivity contribution in [2.45, 2.75) is 33.7 Å². The van der Waals surface area contributed by atoms with Crippen molar-refractivity contribution in [2.75, 3.05) is 11.9 Å². The molecule has 0 radical (unpaired) electrons. The van der Waals surface area contributed by atoms with E-state index in [0.717, 1.165) is 16.8 Å². The quantitative estimate of drug-likeness (QED) is 0.564. The van der Waals surface area contributed by atoms with E-state index in [1.807, 2.05) is 45.9 Å². The summed E-state index contributed by atoms with van der Waals surface area (Å²) in [6, 6.07) is 12.4. The van der Waals surface area contributed by atoms with Crippen molar-refractivity contribution < 1.29 is 9.59 Å². The average molecular weight is 407 g/mol. The molecule has 0 unspecified atom stereocenters. The predicted molar refractivity (Wildman–Crippen MR) is 116 cm³/mol. The minimum Gasteiger partial charge on any atom is -0.376 e. The molecule has 0 saturated heterocycles. The average Bonchev–Trinajstić information content (AvgIpc) is 2.71. The molecule has 0 aliphatic rings. The summed E-state index contributed by atoms with van der Waals surface area (Å²) in [5.41, 5.74) is 7.58. The first kappa shape index (κ1) is 21.0. The summed E-state index contributed by atoms with van der Waals surface area (Å²) in [6.45, 7) is 7.56. The van der Waals surface area contributed by atoms with Crippen molar-refractivity contribution in [2.24, 2.45) is 0 Å². The number of amides is 2. The van der Waals surface area contributed by atoms with Crippen LogP contribution in [0, 0.1) is 13.8 Å². The van der Waals surface area contributed by atoms with Gasteiger partial charge in [-0.2, -0.15) is 5.10 Å². The standard InChI is InChI=1S/C22H25N5O3/c1-13(2)27-22(30)17-8-6-5-7-16(17)20(26-27)21(29)25-24-19(28)12-23-18-10-9-14(3)11-15(18)4/h5-11,13,23H,12H2,1-4H3,(H,24,28)(H,25,29). The van der Waals surface area contributed by atoms with Crippen LogP contribution >= 0.6 is 0 Å². The smallest absolute Gasteiger partial charge is 0.290 e. The molecule has 0 aliphatic heterocycles. The predicted octanol–water partition coefficient (Wildman–Crippen LogP) is 2.47. The van der Waals surface area contributed by atoms with Crippen molar-refractivity contribution in [3.63, 3.8) is 0 Å². The zero-order valence-electron chi connectivity index (χ0n) is 17.4. The van der Waals surface area contributed by atoms with Gasteiger partial charge in [0.2, 0.25) is 0 Å². The van der Waals surface area contributed by atoms with Gasteiger partial charge in [0.1, 0.15) is 0 Å². The summed E-state index contributed by atoms with van der Waals surface area (Å²) in [4.78, 5) is 37.4. The lowest BCUT2D eigenvalue weighted by molar-refractivity contribution is -0.120. The number of fused-ring (bicyclic) bond motifs is 1. The zero-order valence-corrected chi connectivity index (χ0v) is 17.4. The molecule has 30 heavy (non-hydrogen) atoms. The van der Waals surface area contributed by atoms with Gasteiger partial charge in [-0.15, -0.1) is 0 Å². The van der Waals surface area contributed by atoms with Crippen LogP contribution in [-0.4, -0.2) is 28.1 Å². The molecule has 3 N–H and O–H groups in total. The molecule has 0 fully saturated rings. The summed E-state index contributed by atoms with van der Waals surface area (Å²) in [6.07, 6.45) is 0. The Hall–Kier alpha value is -3.68. The van der Waals surface area contributed by atoms with E-state index in [-0.39, 0.29) is 23.8 Å². The lowest BCUT2D eigenvalue weighted by atomic mass is 10.1. The zero-order chi connectivity index (χ0) is 21.8. The summed E-state index contributed by atoms with van der Waals surface area (Å²) < 4.78 is 1.26. The van der Waals surface area contributed by atoms with Crippen molar-refractivity contribution in [1.82, 2.24) is 20.6 Å². The van der Waals surface area contributed by atoms with Crippen molar-refractivity contribution in [3.05, 3.63) is 69.6 Å². The topological polar surface area (TPSA) is 105 Å². The monoisotopic (exact) mass is 407 g/mol. The molecule has 0 spiro atoms. The Morgan fingerprint density at radius 3 is 2.40 bits per heavy atom. The van der Waals surface area contributed by atoms with Crippen LogP contribution < -0.4 is 21.7 Å². The Morgan fingerprint density at radius 1 is 1.03 bits per heavy atom. The van der Waals surface area contributed by atoms with E-state index in [9.17, 15) is 14.4 Å². The van der Waals surface area contributed by atoms with Gasteiger partial charge in [-0.05, 0) is 45.4 Å². The van der Waals surface area contributed by atoms with E-state index in [1.54, 1.807) is 24.3 Å². The number of rotatable bonds is 5. The highest BCUT2D eigenvalue weighted by molar-refractivity contribution is 6.05.